The van der Waals surface area contributed by atoms with Gasteiger partial charge in [0.1, 0.15) is 11.6 Å². The van der Waals surface area contributed by atoms with Crippen LogP contribution >= 0.6 is 0 Å². The van der Waals surface area contributed by atoms with Crippen molar-refractivity contribution < 1.29 is 9.90 Å². The second-order valence-corrected chi connectivity index (χ2v) is 6.11. The number of rotatable bonds is 6. The molecule has 0 unspecified atom stereocenters. The Morgan fingerprint density at radius 3 is 2.54 bits per heavy atom. The van der Waals surface area contributed by atoms with Crippen molar-refractivity contribution >= 4 is 23.4 Å². The average molecular weight is 349 g/mol. The minimum Gasteiger partial charge on any atom is -0.395 e. The Hall–Kier alpha value is -3.10. The zero-order valence-electron chi connectivity index (χ0n) is 15.3. The summed E-state index contributed by atoms with van der Waals surface area (Å²) >= 11 is 0. The van der Waals surface area contributed by atoms with Gasteiger partial charge in [0.15, 0.2) is 0 Å². The third kappa shape index (κ3) is 4.71. The van der Waals surface area contributed by atoms with Crippen molar-refractivity contribution in [1.82, 2.24) is 0 Å². The van der Waals surface area contributed by atoms with E-state index in [2.05, 4.69) is 5.32 Å². The van der Waals surface area contributed by atoms with Gasteiger partial charge in [0.2, 0.25) is 0 Å². The van der Waals surface area contributed by atoms with E-state index in [-0.39, 0.29) is 12.2 Å². The molecule has 0 fully saturated rings. The van der Waals surface area contributed by atoms with Gasteiger partial charge in [-0.3, -0.25) is 4.79 Å². The molecule has 0 radical (unpaired) electrons. The number of amides is 1. The van der Waals surface area contributed by atoms with Crippen molar-refractivity contribution in [1.29, 1.82) is 5.26 Å². The summed E-state index contributed by atoms with van der Waals surface area (Å²) in [5.41, 5.74) is 4.52. The Morgan fingerprint density at radius 2 is 1.92 bits per heavy atom. The number of hydrogen-bond acceptors (Lipinski definition) is 4. The summed E-state index contributed by atoms with van der Waals surface area (Å²) in [6, 6.07) is 15.1. The first kappa shape index (κ1) is 19.2. The highest BCUT2D eigenvalue weighted by molar-refractivity contribution is 6.10. The number of nitriles is 1. The number of benzene rings is 2. The van der Waals surface area contributed by atoms with Crippen LogP contribution in [0, 0.1) is 25.2 Å². The Kier molecular flexibility index (Phi) is 6.54. The molecule has 0 aromatic heterocycles. The number of aliphatic hydroxyl groups is 1. The molecule has 26 heavy (non-hydrogen) atoms. The molecular weight excluding hydrogens is 326 g/mol. The van der Waals surface area contributed by atoms with Gasteiger partial charge < -0.3 is 15.3 Å². The maximum atomic E-state index is 12.4. The van der Waals surface area contributed by atoms with E-state index in [4.69, 9.17) is 5.11 Å². The maximum Gasteiger partial charge on any atom is 0.266 e. The monoisotopic (exact) mass is 349 g/mol. The minimum atomic E-state index is -0.428. The molecule has 0 atom stereocenters. The van der Waals surface area contributed by atoms with Crippen molar-refractivity contribution in [2.24, 2.45) is 0 Å². The molecule has 1 amide bonds. The van der Waals surface area contributed by atoms with Crippen LogP contribution in [0.5, 0.6) is 0 Å². The summed E-state index contributed by atoms with van der Waals surface area (Å²) in [6.07, 6.45) is 1.57. The van der Waals surface area contributed by atoms with Crippen LogP contribution in [-0.2, 0) is 4.79 Å². The number of carbonyl (C=O) groups excluding carboxylic acids is 1. The lowest BCUT2D eigenvalue weighted by molar-refractivity contribution is -0.112. The fourth-order valence-corrected chi connectivity index (χ4v) is 2.50. The molecule has 2 rings (SSSR count). The SMILES string of the molecule is Cc1cccc(NC(=O)/C(C#N)=C/c2ccc(N(C)CCO)cc2)c1C. The molecule has 2 N–H and O–H groups in total. The Morgan fingerprint density at radius 1 is 1.23 bits per heavy atom. The van der Waals surface area contributed by atoms with Gasteiger partial charge >= 0.3 is 0 Å². The van der Waals surface area contributed by atoms with Gasteiger partial charge in [-0.05, 0) is 54.8 Å². The van der Waals surface area contributed by atoms with Gasteiger partial charge in [0.25, 0.3) is 5.91 Å². The highest BCUT2D eigenvalue weighted by atomic mass is 16.3. The lowest BCUT2D eigenvalue weighted by Gasteiger charge is -2.17. The third-order valence-electron chi connectivity index (χ3n) is 4.30. The second kappa shape index (κ2) is 8.84. The van der Waals surface area contributed by atoms with Crippen molar-refractivity contribution in [3.8, 4) is 6.07 Å². The normalized spacial score (nSPS) is 11.0. The number of hydrogen-bond donors (Lipinski definition) is 2. The first-order chi connectivity index (χ1) is 12.5. The first-order valence-corrected chi connectivity index (χ1v) is 8.37. The molecule has 5 nitrogen and oxygen atoms in total. The molecular formula is C21H23N3O2. The van der Waals surface area contributed by atoms with Crippen molar-refractivity contribution in [2.45, 2.75) is 13.8 Å². The number of nitrogens with zero attached hydrogens (tertiary/aromatic N) is 2. The second-order valence-electron chi connectivity index (χ2n) is 6.11. The number of likely N-dealkylation sites (N-methyl/N-ethyl adjacent to an activating group) is 1. The predicted octanol–water partition coefficient (Wildman–Crippen LogP) is 3.28. The van der Waals surface area contributed by atoms with Crippen LogP contribution in [0.3, 0.4) is 0 Å². The molecule has 0 saturated heterocycles. The van der Waals surface area contributed by atoms with Crippen LogP contribution in [0.25, 0.3) is 6.08 Å². The number of aliphatic hydroxyl groups excluding tert-OH is 1. The Labute approximate surface area is 154 Å². The average Bonchev–Trinajstić information content (AvgIpc) is 2.64. The molecule has 2 aromatic carbocycles. The van der Waals surface area contributed by atoms with Gasteiger partial charge in [0.05, 0.1) is 6.61 Å². The highest BCUT2D eigenvalue weighted by Gasteiger charge is 2.11. The van der Waals surface area contributed by atoms with Gasteiger partial charge in [-0.25, -0.2) is 0 Å². The molecule has 0 saturated carbocycles. The Bertz CT molecular complexity index is 849. The summed E-state index contributed by atoms with van der Waals surface area (Å²) in [5, 5.41) is 21.2. The first-order valence-electron chi connectivity index (χ1n) is 8.37. The molecule has 0 heterocycles. The van der Waals surface area contributed by atoms with Crippen LogP contribution in [0.1, 0.15) is 16.7 Å². The van der Waals surface area contributed by atoms with Crippen LogP contribution < -0.4 is 10.2 Å². The van der Waals surface area contributed by atoms with E-state index in [9.17, 15) is 10.1 Å². The van der Waals surface area contributed by atoms with Crippen LogP contribution in [0.15, 0.2) is 48.0 Å². The number of anilines is 2. The molecule has 0 spiro atoms. The van der Waals surface area contributed by atoms with E-state index in [0.717, 1.165) is 22.4 Å². The molecule has 5 heteroatoms. The minimum absolute atomic E-state index is 0.0439. The van der Waals surface area contributed by atoms with E-state index >= 15 is 0 Å². The molecule has 134 valence electrons. The zero-order chi connectivity index (χ0) is 19.1. The van der Waals surface area contributed by atoms with E-state index in [0.29, 0.717) is 12.2 Å². The van der Waals surface area contributed by atoms with Crippen molar-refractivity contribution in [3.05, 3.63) is 64.7 Å². The summed E-state index contributed by atoms with van der Waals surface area (Å²) < 4.78 is 0. The Balaban J connectivity index is 2.18. The lowest BCUT2D eigenvalue weighted by atomic mass is 10.1. The smallest absolute Gasteiger partial charge is 0.266 e. The molecule has 0 bridgehead atoms. The predicted molar refractivity (Wildman–Crippen MR) is 105 cm³/mol. The lowest BCUT2D eigenvalue weighted by Crippen LogP contribution is -2.20. The van der Waals surface area contributed by atoms with Crippen LogP contribution in [-0.4, -0.2) is 31.2 Å². The standard InChI is InChI=1S/C21H23N3O2/c1-15-5-4-6-20(16(15)2)23-21(26)18(14-22)13-17-7-9-19(10-8-17)24(3)11-12-25/h4-10,13,25H,11-12H2,1-3H3,(H,23,26)/b18-13+. The highest BCUT2D eigenvalue weighted by Crippen LogP contribution is 2.20. The number of nitrogens with one attached hydrogen (secondary N) is 1. The molecule has 0 aliphatic carbocycles. The maximum absolute atomic E-state index is 12.4. The van der Waals surface area contributed by atoms with Gasteiger partial charge in [-0.15, -0.1) is 0 Å². The topological polar surface area (TPSA) is 76.4 Å². The van der Waals surface area contributed by atoms with E-state index in [1.54, 1.807) is 6.08 Å². The zero-order valence-corrected chi connectivity index (χ0v) is 15.3. The summed E-state index contributed by atoms with van der Waals surface area (Å²) in [7, 11) is 1.89. The fraction of sp³-hybridized carbons (Fsp3) is 0.238. The molecule has 2 aromatic rings. The third-order valence-corrected chi connectivity index (χ3v) is 4.30. The van der Waals surface area contributed by atoms with Gasteiger partial charge in [-0.1, -0.05) is 24.3 Å². The summed E-state index contributed by atoms with van der Waals surface area (Å²) in [4.78, 5) is 14.4. The van der Waals surface area contributed by atoms with E-state index < -0.39 is 5.91 Å². The number of aryl methyl sites for hydroxylation is 1. The number of carbonyl (C=O) groups is 1. The van der Waals surface area contributed by atoms with Crippen LogP contribution in [0.4, 0.5) is 11.4 Å². The van der Waals surface area contributed by atoms with Crippen LogP contribution in [0.2, 0.25) is 0 Å². The summed E-state index contributed by atoms with van der Waals surface area (Å²) in [6.45, 7) is 4.52. The molecule has 0 aliphatic rings. The molecule has 0 aliphatic heterocycles. The van der Waals surface area contributed by atoms with Gasteiger partial charge in [0, 0.05) is 25.0 Å². The summed E-state index contributed by atoms with van der Waals surface area (Å²) in [5.74, 6) is -0.428. The van der Waals surface area contributed by atoms with E-state index in [1.165, 1.54) is 0 Å². The van der Waals surface area contributed by atoms with E-state index in [1.807, 2.05) is 74.3 Å². The largest absolute Gasteiger partial charge is 0.395 e. The fourth-order valence-electron chi connectivity index (χ4n) is 2.50. The quantitative estimate of drug-likeness (QED) is 0.620. The van der Waals surface area contributed by atoms with Crippen molar-refractivity contribution in [2.75, 3.05) is 30.4 Å². The van der Waals surface area contributed by atoms with Gasteiger partial charge in [-0.2, -0.15) is 5.26 Å². The van der Waals surface area contributed by atoms with Crippen molar-refractivity contribution in [3.63, 3.8) is 0 Å².